The largest absolute Gasteiger partial charge is 0.496 e. The Hall–Kier alpha value is -0.580. The summed E-state index contributed by atoms with van der Waals surface area (Å²) in [6, 6.07) is 2.53. The summed E-state index contributed by atoms with van der Waals surface area (Å²) in [5.41, 5.74) is 0. The molecule has 0 saturated carbocycles. The van der Waals surface area contributed by atoms with Gasteiger partial charge >= 0.3 is 0 Å². The zero-order chi connectivity index (χ0) is 11.4. The molecule has 0 amide bonds. The number of rotatable bonds is 5. The van der Waals surface area contributed by atoms with Gasteiger partial charge in [-0.1, -0.05) is 0 Å². The highest BCUT2D eigenvalue weighted by Gasteiger charge is 2.22. The van der Waals surface area contributed by atoms with Crippen molar-refractivity contribution in [2.45, 2.75) is 25.9 Å². The van der Waals surface area contributed by atoms with E-state index in [1.165, 1.54) is 11.3 Å². The van der Waals surface area contributed by atoms with Crippen molar-refractivity contribution in [2.24, 2.45) is 5.92 Å². The Kier molecular flexibility index (Phi) is 4.21. The van der Waals surface area contributed by atoms with Crippen LogP contribution < -0.4 is 10.1 Å². The Labute approximate surface area is 101 Å². The number of methoxy groups -OCH3 is 1. The van der Waals surface area contributed by atoms with Crippen molar-refractivity contribution < 1.29 is 9.47 Å². The molecule has 90 valence electrons. The summed E-state index contributed by atoms with van der Waals surface area (Å²) in [4.78, 5) is 1.27. The molecule has 1 aromatic rings. The summed E-state index contributed by atoms with van der Waals surface area (Å²) in [6.07, 6.45) is 1.18. The fraction of sp³-hybridized carbons (Fsp3) is 0.667. The summed E-state index contributed by atoms with van der Waals surface area (Å²) in [7, 11) is 1.72. The summed E-state index contributed by atoms with van der Waals surface area (Å²) in [5, 5.41) is 5.62. The average Bonchev–Trinajstić information content (AvgIpc) is 2.96. The maximum Gasteiger partial charge on any atom is 0.134 e. The van der Waals surface area contributed by atoms with Crippen LogP contribution in [-0.2, 0) is 11.3 Å². The molecular weight excluding hydrogens is 222 g/mol. The molecule has 3 nitrogen and oxygen atoms in total. The van der Waals surface area contributed by atoms with Gasteiger partial charge in [0.2, 0.25) is 0 Å². The van der Waals surface area contributed by atoms with Gasteiger partial charge in [0.1, 0.15) is 5.75 Å². The van der Waals surface area contributed by atoms with E-state index < -0.39 is 0 Å². The van der Waals surface area contributed by atoms with Crippen LogP contribution in [0.15, 0.2) is 11.4 Å². The van der Waals surface area contributed by atoms with Gasteiger partial charge in [-0.15, -0.1) is 11.3 Å². The normalized spacial score (nSPS) is 22.2. The van der Waals surface area contributed by atoms with E-state index in [0.717, 1.165) is 25.5 Å². The third-order valence-corrected chi connectivity index (χ3v) is 4.08. The molecule has 0 bridgehead atoms. The highest BCUT2D eigenvalue weighted by Crippen LogP contribution is 2.25. The molecule has 1 saturated heterocycles. The van der Waals surface area contributed by atoms with Crippen LogP contribution in [0.3, 0.4) is 0 Å². The van der Waals surface area contributed by atoms with E-state index in [2.05, 4.69) is 17.6 Å². The van der Waals surface area contributed by atoms with Crippen LogP contribution in [0.5, 0.6) is 5.75 Å². The quantitative estimate of drug-likeness (QED) is 0.858. The maximum atomic E-state index is 5.40. The fourth-order valence-corrected chi connectivity index (χ4v) is 2.80. The Morgan fingerprint density at radius 2 is 2.56 bits per heavy atom. The monoisotopic (exact) mass is 241 g/mol. The number of ether oxygens (including phenoxy) is 2. The van der Waals surface area contributed by atoms with Crippen molar-refractivity contribution in [1.29, 1.82) is 0 Å². The van der Waals surface area contributed by atoms with Crippen molar-refractivity contribution >= 4 is 11.3 Å². The minimum absolute atomic E-state index is 0.509. The number of hydrogen-bond acceptors (Lipinski definition) is 4. The van der Waals surface area contributed by atoms with Crippen LogP contribution in [0.2, 0.25) is 0 Å². The molecule has 2 atom stereocenters. The van der Waals surface area contributed by atoms with Gasteiger partial charge in [-0.05, 0) is 30.7 Å². The van der Waals surface area contributed by atoms with Gasteiger partial charge in [0.05, 0.1) is 18.6 Å². The molecule has 1 aromatic heterocycles. The second kappa shape index (κ2) is 5.66. The van der Waals surface area contributed by atoms with Gasteiger partial charge in [0, 0.05) is 19.2 Å². The molecule has 2 rings (SSSR count). The van der Waals surface area contributed by atoms with E-state index in [9.17, 15) is 0 Å². The van der Waals surface area contributed by atoms with Crippen LogP contribution in [0.25, 0.3) is 0 Å². The van der Waals surface area contributed by atoms with Gasteiger partial charge in [0.15, 0.2) is 0 Å². The van der Waals surface area contributed by atoms with Gasteiger partial charge in [-0.25, -0.2) is 0 Å². The molecule has 0 aromatic carbocycles. The average molecular weight is 241 g/mol. The first-order valence-corrected chi connectivity index (χ1v) is 6.60. The Balaban J connectivity index is 1.82. The molecule has 2 heterocycles. The SMILES string of the molecule is COc1ccsc1CNC(C)C1CCOC1. The van der Waals surface area contributed by atoms with Gasteiger partial charge in [-0.3, -0.25) is 0 Å². The molecule has 16 heavy (non-hydrogen) atoms. The summed E-state index contributed by atoms with van der Waals surface area (Å²) in [6.45, 7) is 4.94. The van der Waals surface area contributed by atoms with E-state index in [-0.39, 0.29) is 0 Å². The minimum atomic E-state index is 0.509. The second-order valence-electron chi connectivity index (χ2n) is 4.21. The van der Waals surface area contributed by atoms with Crippen molar-refractivity contribution in [3.63, 3.8) is 0 Å². The van der Waals surface area contributed by atoms with E-state index in [1.54, 1.807) is 18.4 Å². The Morgan fingerprint density at radius 1 is 1.69 bits per heavy atom. The van der Waals surface area contributed by atoms with Crippen LogP contribution >= 0.6 is 11.3 Å². The first-order chi connectivity index (χ1) is 7.81. The second-order valence-corrected chi connectivity index (χ2v) is 5.21. The van der Waals surface area contributed by atoms with E-state index in [0.29, 0.717) is 12.0 Å². The summed E-state index contributed by atoms with van der Waals surface area (Å²) < 4.78 is 10.7. The van der Waals surface area contributed by atoms with Crippen LogP contribution in [0.4, 0.5) is 0 Å². The molecule has 0 radical (unpaired) electrons. The number of nitrogens with one attached hydrogen (secondary N) is 1. The number of hydrogen-bond donors (Lipinski definition) is 1. The van der Waals surface area contributed by atoms with E-state index >= 15 is 0 Å². The van der Waals surface area contributed by atoms with Crippen LogP contribution in [0.1, 0.15) is 18.2 Å². The Bertz CT molecular complexity index is 321. The van der Waals surface area contributed by atoms with Crippen molar-refractivity contribution in [2.75, 3.05) is 20.3 Å². The lowest BCUT2D eigenvalue weighted by atomic mass is 10.0. The lowest BCUT2D eigenvalue weighted by Crippen LogP contribution is -2.33. The standard InChI is InChI=1S/C12H19NO2S/c1-9(10-3-5-15-8-10)13-7-12-11(14-2)4-6-16-12/h4,6,9-10,13H,3,5,7-8H2,1-2H3. The fourth-order valence-electron chi connectivity index (χ4n) is 2.01. The van der Waals surface area contributed by atoms with Crippen molar-refractivity contribution in [3.8, 4) is 5.75 Å². The third-order valence-electron chi connectivity index (χ3n) is 3.18. The Morgan fingerprint density at radius 3 is 3.25 bits per heavy atom. The molecule has 0 spiro atoms. The summed E-state index contributed by atoms with van der Waals surface area (Å²) >= 11 is 1.74. The van der Waals surface area contributed by atoms with Crippen LogP contribution in [-0.4, -0.2) is 26.4 Å². The third kappa shape index (κ3) is 2.75. The molecular formula is C12H19NO2S. The molecule has 1 aliphatic rings. The van der Waals surface area contributed by atoms with E-state index in [4.69, 9.17) is 9.47 Å². The smallest absolute Gasteiger partial charge is 0.134 e. The van der Waals surface area contributed by atoms with Gasteiger partial charge in [0.25, 0.3) is 0 Å². The zero-order valence-electron chi connectivity index (χ0n) is 9.86. The van der Waals surface area contributed by atoms with Gasteiger partial charge in [-0.2, -0.15) is 0 Å². The lowest BCUT2D eigenvalue weighted by molar-refractivity contribution is 0.178. The minimum Gasteiger partial charge on any atom is -0.496 e. The predicted molar refractivity (Wildman–Crippen MR) is 66.1 cm³/mol. The highest BCUT2D eigenvalue weighted by atomic mass is 32.1. The predicted octanol–water partition coefficient (Wildman–Crippen LogP) is 2.27. The lowest BCUT2D eigenvalue weighted by Gasteiger charge is -2.19. The van der Waals surface area contributed by atoms with Gasteiger partial charge < -0.3 is 14.8 Å². The first-order valence-electron chi connectivity index (χ1n) is 5.72. The van der Waals surface area contributed by atoms with Crippen molar-refractivity contribution in [1.82, 2.24) is 5.32 Å². The number of thiophene rings is 1. The molecule has 2 unspecified atom stereocenters. The highest BCUT2D eigenvalue weighted by molar-refractivity contribution is 7.10. The van der Waals surface area contributed by atoms with Crippen molar-refractivity contribution in [3.05, 3.63) is 16.3 Å². The molecule has 4 heteroatoms. The molecule has 0 aliphatic carbocycles. The first kappa shape index (κ1) is 11.9. The summed E-state index contributed by atoms with van der Waals surface area (Å²) in [5.74, 6) is 1.65. The zero-order valence-corrected chi connectivity index (χ0v) is 10.7. The molecule has 1 N–H and O–H groups in total. The molecule has 1 fully saturated rings. The topological polar surface area (TPSA) is 30.5 Å². The van der Waals surface area contributed by atoms with Crippen LogP contribution in [0, 0.1) is 5.92 Å². The van der Waals surface area contributed by atoms with E-state index in [1.807, 2.05) is 6.07 Å². The molecule has 1 aliphatic heterocycles. The maximum absolute atomic E-state index is 5.40.